The Kier molecular flexibility index (Phi) is 4.37. The smallest absolute Gasteiger partial charge is 0.237 e. The summed E-state index contributed by atoms with van der Waals surface area (Å²) in [6, 6.07) is 8.11. The first-order valence-corrected chi connectivity index (χ1v) is 6.86. The number of hydrogen-bond donors (Lipinski definition) is 2. The number of aryl methyl sites for hydroxylation is 1. The first-order valence-electron chi connectivity index (χ1n) is 6.86. The van der Waals surface area contributed by atoms with E-state index in [0.717, 1.165) is 32.1 Å². The van der Waals surface area contributed by atoms with Crippen molar-refractivity contribution < 1.29 is 4.79 Å². The summed E-state index contributed by atoms with van der Waals surface area (Å²) in [5.41, 5.74) is 8.50. The molecule has 2 rings (SSSR count). The summed E-state index contributed by atoms with van der Waals surface area (Å²) in [7, 11) is 0. The van der Waals surface area contributed by atoms with Crippen molar-refractivity contribution in [1.29, 1.82) is 0 Å². The minimum Gasteiger partial charge on any atom is -0.348 e. The molecule has 0 spiro atoms. The van der Waals surface area contributed by atoms with Gasteiger partial charge in [-0.2, -0.15) is 0 Å². The molecule has 1 aliphatic carbocycles. The van der Waals surface area contributed by atoms with E-state index in [1.54, 1.807) is 0 Å². The Morgan fingerprint density at radius 2 is 2.28 bits per heavy atom. The number of unbranched alkanes of at least 4 members (excludes halogenated alkanes) is 1. The van der Waals surface area contributed by atoms with Crippen molar-refractivity contribution in [1.82, 2.24) is 5.32 Å². The van der Waals surface area contributed by atoms with E-state index in [4.69, 9.17) is 5.73 Å². The highest BCUT2D eigenvalue weighted by Crippen LogP contribution is 2.30. The fraction of sp³-hybridized carbons (Fsp3) is 0.533. The van der Waals surface area contributed by atoms with Crippen LogP contribution in [0.3, 0.4) is 0 Å². The maximum Gasteiger partial charge on any atom is 0.237 e. The number of rotatable bonds is 5. The van der Waals surface area contributed by atoms with Crippen molar-refractivity contribution in [3.05, 3.63) is 35.4 Å². The van der Waals surface area contributed by atoms with Gasteiger partial charge in [-0.05, 0) is 30.4 Å². The molecule has 0 radical (unpaired) electrons. The summed E-state index contributed by atoms with van der Waals surface area (Å²) in [5.74, 6) is -0.00912. The second-order valence-electron chi connectivity index (χ2n) is 5.05. The lowest BCUT2D eigenvalue weighted by Gasteiger charge is -2.17. The summed E-state index contributed by atoms with van der Waals surface area (Å²) in [4.78, 5) is 12.0. The number of carbonyl (C=O) groups excluding carboxylic acids is 1. The van der Waals surface area contributed by atoms with E-state index in [9.17, 15) is 4.79 Å². The Hall–Kier alpha value is -1.35. The van der Waals surface area contributed by atoms with Gasteiger partial charge in [0.15, 0.2) is 0 Å². The molecular formula is C15H22N2O. The Balaban J connectivity index is 1.93. The van der Waals surface area contributed by atoms with Crippen molar-refractivity contribution in [3.8, 4) is 0 Å². The van der Waals surface area contributed by atoms with Gasteiger partial charge in [-0.3, -0.25) is 4.79 Å². The van der Waals surface area contributed by atoms with Gasteiger partial charge >= 0.3 is 0 Å². The van der Waals surface area contributed by atoms with Crippen LogP contribution in [-0.2, 0) is 11.2 Å². The molecule has 1 aliphatic rings. The van der Waals surface area contributed by atoms with E-state index in [2.05, 4.69) is 30.4 Å². The summed E-state index contributed by atoms with van der Waals surface area (Å²) in [6.45, 7) is 2.11. The maximum atomic E-state index is 12.0. The van der Waals surface area contributed by atoms with Crippen LogP contribution >= 0.6 is 0 Å². The average molecular weight is 246 g/mol. The predicted molar refractivity (Wildman–Crippen MR) is 73.1 cm³/mol. The highest BCUT2D eigenvalue weighted by atomic mass is 16.2. The van der Waals surface area contributed by atoms with Crippen molar-refractivity contribution in [2.75, 3.05) is 0 Å². The van der Waals surface area contributed by atoms with Crippen molar-refractivity contribution in [2.45, 2.75) is 51.1 Å². The molecule has 1 aromatic rings. The minimum atomic E-state index is -0.363. The molecule has 18 heavy (non-hydrogen) atoms. The van der Waals surface area contributed by atoms with Crippen LogP contribution in [0.5, 0.6) is 0 Å². The molecule has 0 saturated carbocycles. The van der Waals surface area contributed by atoms with E-state index < -0.39 is 0 Å². The molecule has 98 valence electrons. The third kappa shape index (κ3) is 2.91. The predicted octanol–water partition coefficient (Wildman–Crippen LogP) is 2.31. The third-order valence-electron chi connectivity index (χ3n) is 3.65. The topological polar surface area (TPSA) is 55.1 Å². The third-order valence-corrected chi connectivity index (χ3v) is 3.65. The summed E-state index contributed by atoms with van der Waals surface area (Å²) >= 11 is 0. The molecule has 3 heteroatoms. The van der Waals surface area contributed by atoms with Gasteiger partial charge in [0.2, 0.25) is 5.91 Å². The zero-order valence-corrected chi connectivity index (χ0v) is 11.0. The lowest BCUT2D eigenvalue weighted by atomic mass is 10.1. The normalized spacial score (nSPS) is 19.3. The SMILES string of the molecule is CCCC[C@H](N)C(=O)NC1CCc2ccccc21. The molecule has 0 bridgehead atoms. The van der Waals surface area contributed by atoms with Crippen LogP contribution in [0.25, 0.3) is 0 Å². The second-order valence-corrected chi connectivity index (χ2v) is 5.05. The van der Waals surface area contributed by atoms with E-state index in [1.807, 2.05) is 6.07 Å². The largest absolute Gasteiger partial charge is 0.348 e. The zero-order chi connectivity index (χ0) is 13.0. The van der Waals surface area contributed by atoms with E-state index in [0.29, 0.717) is 0 Å². The highest BCUT2D eigenvalue weighted by molar-refractivity contribution is 5.82. The fourth-order valence-corrected chi connectivity index (χ4v) is 2.54. The Morgan fingerprint density at radius 1 is 1.50 bits per heavy atom. The first kappa shape index (κ1) is 13.1. The summed E-state index contributed by atoms with van der Waals surface area (Å²) in [6.07, 6.45) is 4.90. The van der Waals surface area contributed by atoms with Crippen LogP contribution < -0.4 is 11.1 Å². The van der Waals surface area contributed by atoms with Gasteiger partial charge in [-0.15, -0.1) is 0 Å². The first-order chi connectivity index (χ1) is 8.72. The van der Waals surface area contributed by atoms with Gasteiger partial charge in [-0.1, -0.05) is 44.0 Å². The number of nitrogens with two attached hydrogens (primary N) is 1. The minimum absolute atomic E-state index is 0.00912. The quantitative estimate of drug-likeness (QED) is 0.837. The van der Waals surface area contributed by atoms with Gasteiger partial charge in [-0.25, -0.2) is 0 Å². The fourth-order valence-electron chi connectivity index (χ4n) is 2.54. The maximum absolute atomic E-state index is 12.0. The highest BCUT2D eigenvalue weighted by Gasteiger charge is 2.25. The van der Waals surface area contributed by atoms with Crippen LogP contribution in [0.2, 0.25) is 0 Å². The number of benzene rings is 1. The van der Waals surface area contributed by atoms with E-state index >= 15 is 0 Å². The van der Waals surface area contributed by atoms with Crippen molar-refractivity contribution in [3.63, 3.8) is 0 Å². The molecule has 0 aromatic heterocycles. The molecule has 0 saturated heterocycles. The average Bonchev–Trinajstić information content (AvgIpc) is 2.79. The Labute approximate surface area is 109 Å². The van der Waals surface area contributed by atoms with Gasteiger partial charge in [0.05, 0.1) is 12.1 Å². The molecule has 0 heterocycles. The van der Waals surface area contributed by atoms with E-state index in [-0.39, 0.29) is 18.0 Å². The zero-order valence-electron chi connectivity index (χ0n) is 11.0. The van der Waals surface area contributed by atoms with Crippen LogP contribution in [0.1, 0.15) is 49.8 Å². The molecule has 1 amide bonds. The van der Waals surface area contributed by atoms with Crippen LogP contribution in [0, 0.1) is 0 Å². The van der Waals surface area contributed by atoms with Gasteiger partial charge in [0, 0.05) is 0 Å². The molecule has 3 N–H and O–H groups in total. The molecule has 3 nitrogen and oxygen atoms in total. The van der Waals surface area contributed by atoms with Crippen molar-refractivity contribution >= 4 is 5.91 Å². The number of carbonyl (C=O) groups is 1. The van der Waals surface area contributed by atoms with Crippen LogP contribution in [0.15, 0.2) is 24.3 Å². The summed E-state index contributed by atoms with van der Waals surface area (Å²) < 4.78 is 0. The van der Waals surface area contributed by atoms with Crippen molar-refractivity contribution in [2.24, 2.45) is 5.73 Å². The van der Waals surface area contributed by atoms with Gasteiger partial charge in [0.1, 0.15) is 0 Å². The summed E-state index contributed by atoms with van der Waals surface area (Å²) in [5, 5.41) is 3.08. The van der Waals surface area contributed by atoms with Gasteiger partial charge < -0.3 is 11.1 Å². The standard InChI is InChI=1S/C15H22N2O/c1-2-3-8-13(16)15(18)17-14-10-9-11-6-4-5-7-12(11)14/h4-7,13-14H,2-3,8-10,16H2,1H3,(H,17,18)/t13-,14?/m0/s1. The molecule has 1 unspecified atom stereocenters. The Morgan fingerprint density at radius 3 is 3.06 bits per heavy atom. The molecule has 0 aliphatic heterocycles. The molecule has 2 atom stereocenters. The van der Waals surface area contributed by atoms with Crippen LogP contribution in [0.4, 0.5) is 0 Å². The number of fused-ring (bicyclic) bond motifs is 1. The monoisotopic (exact) mass is 246 g/mol. The van der Waals surface area contributed by atoms with Gasteiger partial charge in [0.25, 0.3) is 0 Å². The number of amides is 1. The lowest BCUT2D eigenvalue weighted by molar-refractivity contribution is -0.123. The number of nitrogens with one attached hydrogen (secondary N) is 1. The number of hydrogen-bond acceptors (Lipinski definition) is 2. The molecular weight excluding hydrogens is 224 g/mol. The molecule has 1 aromatic carbocycles. The Bertz CT molecular complexity index is 417. The van der Waals surface area contributed by atoms with Crippen LogP contribution in [-0.4, -0.2) is 11.9 Å². The second kappa shape index (κ2) is 6.01. The van der Waals surface area contributed by atoms with E-state index in [1.165, 1.54) is 11.1 Å². The molecule has 0 fully saturated rings. The lowest BCUT2D eigenvalue weighted by Crippen LogP contribution is -2.41.